The van der Waals surface area contributed by atoms with E-state index in [0.29, 0.717) is 16.8 Å². The summed E-state index contributed by atoms with van der Waals surface area (Å²) in [5.74, 6) is -2.05. The summed E-state index contributed by atoms with van der Waals surface area (Å²) in [4.78, 5) is 24.5. The lowest BCUT2D eigenvalue weighted by molar-refractivity contribution is -0.143. The van der Waals surface area contributed by atoms with Crippen LogP contribution in [0.25, 0.3) is 0 Å². The van der Waals surface area contributed by atoms with Crippen LogP contribution in [0.15, 0.2) is 46.9 Å². The number of amides is 1. The number of carbonyl (C=O) groups excluding carboxylic acids is 2. The monoisotopic (exact) mass is 472 g/mol. The minimum absolute atomic E-state index is 0.0904. The van der Waals surface area contributed by atoms with E-state index in [-0.39, 0.29) is 37.1 Å². The van der Waals surface area contributed by atoms with Crippen molar-refractivity contribution in [3.8, 4) is 11.8 Å². The molecular formula is C21H21BrN4O4. The van der Waals surface area contributed by atoms with Crippen molar-refractivity contribution in [3.63, 3.8) is 0 Å². The van der Waals surface area contributed by atoms with Crippen molar-refractivity contribution in [3.05, 3.63) is 58.1 Å². The number of nitriles is 1. The predicted molar refractivity (Wildman–Crippen MR) is 113 cm³/mol. The molecule has 0 radical (unpaired) electrons. The summed E-state index contributed by atoms with van der Waals surface area (Å²) in [5, 5.41) is 28.7. The van der Waals surface area contributed by atoms with Crippen molar-refractivity contribution in [2.24, 2.45) is 0 Å². The molecule has 0 aromatic heterocycles. The van der Waals surface area contributed by atoms with Crippen LogP contribution in [0.4, 0.5) is 5.69 Å². The van der Waals surface area contributed by atoms with E-state index < -0.39 is 11.8 Å². The second-order valence-corrected chi connectivity index (χ2v) is 7.58. The van der Waals surface area contributed by atoms with Crippen molar-refractivity contribution < 1.29 is 19.4 Å². The third-order valence-corrected chi connectivity index (χ3v) is 5.38. The first kappa shape index (κ1) is 21.6. The minimum atomic E-state index is -1.25. The van der Waals surface area contributed by atoms with Crippen LogP contribution in [-0.2, 0) is 20.1 Å². The van der Waals surface area contributed by atoms with Gasteiger partial charge in [0.25, 0.3) is 0 Å². The van der Waals surface area contributed by atoms with Gasteiger partial charge in [0.2, 0.25) is 5.91 Å². The number of aromatic hydroxyl groups is 1. The van der Waals surface area contributed by atoms with E-state index in [1.54, 1.807) is 19.1 Å². The minimum Gasteiger partial charge on any atom is -0.506 e. The average Bonchev–Trinajstić information content (AvgIpc) is 3.04. The number of carbonyl (C=O) groups is 2. The van der Waals surface area contributed by atoms with Crippen LogP contribution < -0.4 is 16.0 Å². The number of hydrogen-bond donors (Lipinski definition) is 4. The van der Waals surface area contributed by atoms with Crippen molar-refractivity contribution in [1.29, 1.82) is 5.26 Å². The highest BCUT2D eigenvalue weighted by atomic mass is 79.9. The summed E-state index contributed by atoms with van der Waals surface area (Å²) in [5.41, 5.74) is 1.31. The number of ether oxygens (including phenoxy) is 1. The van der Waals surface area contributed by atoms with Crippen molar-refractivity contribution in [2.45, 2.75) is 31.6 Å². The Bertz CT molecular complexity index is 1010. The molecule has 3 rings (SSSR count). The van der Waals surface area contributed by atoms with Gasteiger partial charge in [0.05, 0.1) is 30.0 Å². The molecule has 4 N–H and O–H groups in total. The Labute approximate surface area is 182 Å². The smallest absolute Gasteiger partial charge is 0.305 e. The maximum atomic E-state index is 12.7. The SMILES string of the molecule is CCOC(=O)CCC1NC(Nc2ccc(C#N)cc2O)(c2ccccc2Br)NC1=O. The van der Waals surface area contributed by atoms with Crippen LogP contribution in [0.2, 0.25) is 0 Å². The Morgan fingerprint density at radius 3 is 2.80 bits per heavy atom. The molecule has 1 fully saturated rings. The molecule has 1 aliphatic rings. The molecule has 2 unspecified atom stereocenters. The van der Waals surface area contributed by atoms with E-state index in [2.05, 4.69) is 31.9 Å². The van der Waals surface area contributed by atoms with Gasteiger partial charge in [-0.15, -0.1) is 0 Å². The number of phenolic OH excluding ortho intramolecular Hbond substituents is 1. The molecule has 2 atom stereocenters. The largest absolute Gasteiger partial charge is 0.506 e. The molecule has 30 heavy (non-hydrogen) atoms. The number of benzene rings is 2. The highest BCUT2D eigenvalue weighted by Gasteiger charge is 2.46. The van der Waals surface area contributed by atoms with E-state index in [4.69, 9.17) is 10.00 Å². The van der Waals surface area contributed by atoms with Gasteiger partial charge >= 0.3 is 5.97 Å². The maximum absolute atomic E-state index is 12.7. The van der Waals surface area contributed by atoms with Crippen molar-refractivity contribution >= 4 is 33.5 Å². The zero-order valence-corrected chi connectivity index (χ0v) is 17.8. The number of phenols is 1. The quantitative estimate of drug-likeness (QED) is 0.360. The second kappa shape index (κ2) is 9.15. The fourth-order valence-electron chi connectivity index (χ4n) is 3.29. The zero-order chi connectivity index (χ0) is 21.7. The summed E-state index contributed by atoms with van der Waals surface area (Å²) in [6.45, 7) is 2.01. The summed E-state index contributed by atoms with van der Waals surface area (Å²) in [6, 6.07) is 13.1. The van der Waals surface area contributed by atoms with Crippen LogP contribution in [-0.4, -0.2) is 29.6 Å². The van der Waals surface area contributed by atoms with Crippen LogP contribution in [0.3, 0.4) is 0 Å². The molecular weight excluding hydrogens is 452 g/mol. The van der Waals surface area contributed by atoms with Crippen molar-refractivity contribution in [2.75, 3.05) is 11.9 Å². The highest BCUT2D eigenvalue weighted by molar-refractivity contribution is 9.10. The Hall–Kier alpha value is -3.09. The van der Waals surface area contributed by atoms with Gasteiger partial charge in [0.1, 0.15) is 5.75 Å². The number of halogens is 1. The third kappa shape index (κ3) is 4.56. The van der Waals surface area contributed by atoms with Gasteiger partial charge < -0.3 is 20.5 Å². The molecule has 9 heteroatoms. The Balaban J connectivity index is 1.93. The van der Waals surface area contributed by atoms with E-state index in [9.17, 15) is 14.7 Å². The molecule has 0 saturated carbocycles. The van der Waals surface area contributed by atoms with Crippen LogP contribution >= 0.6 is 15.9 Å². The molecule has 2 aromatic rings. The first-order valence-corrected chi connectivity index (χ1v) is 10.2. The fraction of sp³-hybridized carbons (Fsp3) is 0.286. The summed E-state index contributed by atoms with van der Waals surface area (Å²) < 4.78 is 5.67. The second-order valence-electron chi connectivity index (χ2n) is 6.73. The average molecular weight is 473 g/mol. The number of hydrogen-bond acceptors (Lipinski definition) is 7. The van der Waals surface area contributed by atoms with Crippen LogP contribution in [0.1, 0.15) is 30.9 Å². The van der Waals surface area contributed by atoms with Gasteiger partial charge in [-0.3, -0.25) is 14.9 Å². The van der Waals surface area contributed by atoms with E-state index in [1.807, 2.05) is 30.3 Å². The predicted octanol–water partition coefficient (Wildman–Crippen LogP) is 2.68. The van der Waals surface area contributed by atoms with Gasteiger partial charge in [-0.05, 0) is 37.6 Å². The molecule has 8 nitrogen and oxygen atoms in total. The number of nitrogens with zero attached hydrogens (tertiary/aromatic N) is 1. The molecule has 1 heterocycles. The Kier molecular flexibility index (Phi) is 6.59. The molecule has 1 aliphatic heterocycles. The lowest BCUT2D eigenvalue weighted by Crippen LogP contribution is -2.54. The zero-order valence-electron chi connectivity index (χ0n) is 16.2. The number of anilines is 1. The molecule has 0 aliphatic carbocycles. The van der Waals surface area contributed by atoms with E-state index >= 15 is 0 Å². The standard InChI is InChI=1S/C21H21BrN4O4/c1-2-30-19(28)10-9-17-20(29)26-21(25-17,14-5-3-4-6-15(14)22)24-16-8-7-13(12-23)11-18(16)27/h3-8,11,17,24-25,27H,2,9-10H2,1H3,(H,26,29). The van der Waals surface area contributed by atoms with Gasteiger partial charge in [0.15, 0.2) is 5.79 Å². The van der Waals surface area contributed by atoms with Crippen LogP contribution in [0, 0.1) is 11.3 Å². The van der Waals surface area contributed by atoms with E-state index in [1.165, 1.54) is 6.07 Å². The highest BCUT2D eigenvalue weighted by Crippen LogP contribution is 2.35. The molecule has 2 aromatic carbocycles. The Morgan fingerprint density at radius 2 is 2.13 bits per heavy atom. The lowest BCUT2D eigenvalue weighted by Gasteiger charge is -2.33. The normalized spacial score (nSPS) is 20.3. The topological polar surface area (TPSA) is 123 Å². The summed E-state index contributed by atoms with van der Waals surface area (Å²) in [6.07, 6.45) is 0.338. The molecule has 0 bridgehead atoms. The molecule has 1 amide bonds. The summed E-state index contributed by atoms with van der Waals surface area (Å²) in [7, 11) is 0. The van der Waals surface area contributed by atoms with Gasteiger partial charge in [0, 0.05) is 16.5 Å². The Morgan fingerprint density at radius 1 is 1.37 bits per heavy atom. The third-order valence-electron chi connectivity index (χ3n) is 4.69. The van der Waals surface area contributed by atoms with Gasteiger partial charge in [-0.25, -0.2) is 0 Å². The number of nitrogens with one attached hydrogen (secondary N) is 3. The summed E-state index contributed by atoms with van der Waals surface area (Å²) >= 11 is 3.51. The van der Waals surface area contributed by atoms with Crippen LogP contribution in [0.5, 0.6) is 5.75 Å². The molecule has 0 spiro atoms. The molecule has 1 saturated heterocycles. The molecule has 156 valence electrons. The first-order chi connectivity index (χ1) is 14.4. The number of rotatable bonds is 7. The first-order valence-electron chi connectivity index (χ1n) is 9.40. The van der Waals surface area contributed by atoms with Gasteiger partial charge in [-0.1, -0.05) is 34.1 Å². The number of esters is 1. The van der Waals surface area contributed by atoms with E-state index in [0.717, 1.165) is 4.47 Å². The maximum Gasteiger partial charge on any atom is 0.305 e. The fourth-order valence-corrected chi connectivity index (χ4v) is 3.87. The van der Waals surface area contributed by atoms with Crippen molar-refractivity contribution in [1.82, 2.24) is 10.6 Å². The lowest BCUT2D eigenvalue weighted by atomic mass is 10.1. The van der Waals surface area contributed by atoms with Gasteiger partial charge in [-0.2, -0.15) is 5.26 Å².